The van der Waals surface area contributed by atoms with Crippen LogP contribution in [0.2, 0.25) is 0 Å². The van der Waals surface area contributed by atoms with Gasteiger partial charge in [-0.05, 0) is 19.5 Å². The zero-order valence-electron chi connectivity index (χ0n) is 10.4. The molecule has 0 saturated heterocycles. The quantitative estimate of drug-likeness (QED) is 0.855. The molecule has 1 atom stereocenters. The van der Waals surface area contributed by atoms with Crippen molar-refractivity contribution < 1.29 is 0 Å². The van der Waals surface area contributed by atoms with Crippen LogP contribution < -0.4 is 5.32 Å². The fourth-order valence-corrected chi connectivity index (χ4v) is 1.93. The SMILES string of the molecule is CCc1cc(C(NC)c2cncnc2)n(C)n1. The van der Waals surface area contributed by atoms with Crippen LogP contribution in [-0.4, -0.2) is 26.8 Å². The summed E-state index contributed by atoms with van der Waals surface area (Å²) in [6.45, 7) is 2.10. The van der Waals surface area contributed by atoms with Gasteiger partial charge in [0.15, 0.2) is 0 Å². The summed E-state index contributed by atoms with van der Waals surface area (Å²) in [6, 6.07) is 2.20. The van der Waals surface area contributed by atoms with Gasteiger partial charge in [-0.1, -0.05) is 6.92 Å². The topological polar surface area (TPSA) is 55.6 Å². The van der Waals surface area contributed by atoms with Crippen molar-refractivity contribution in [3.05, 3.63) is 41.7 Å². The van der Waals surface area contributed by atoms with Crippen molar-refractivity contribution in [2.24, 2.45) is 7.05 Å². The molecule has 0 amide bonds. The maximum absolute atomic E-state index is 4.46. The molecule has 5 nitrogen and oxygen atoms in total. The van der Waals surface area contributed by atoms with Crippen LogP contribution in [-0.2, 0) is 13.5 Å². The molecule has 0 aromatic carbocycles. The van der Waals surface area contributed by atoms with E-state index in [1.54, 1.807) is 0 Å². The first kappa shape index (κ1) is 11.7. The standard InChI is InChI=1S/C12H17N5/c1-4-10-5-11(17(3)16-10)12(13-2)9-6-14-8-15-7-9/h5-8,12-13H,4H2,1-3H3. The number of aryl methyl sites for hydroxylation is 2. The lowest BCUT2D eigenvalue weighted by molar-refractivity contribution is 0.600. The van der Waals surface area contributed by atoms with Gasteiger partial charge in [-0.15, -0.1) is 0 Å². The molecular formula is C12H17N5. The summed E-state index contributed by atoms with van der Waals surface area (Å²) >= 11 is 0. The fourth-order valence-electron chi connectivity index (χ4n) is 1.93. The maximum Gasteiger partial charge on any atom is 0.115 e. The highest BCUT2D eigenvalue weighted by atomic mass is 15.3. The van der Waals surface area contributed by atoms with E-state index in [0.29, 0.717) is 0 Å². The molecule has 0 saturated carbocycles. The largest absolute Gasteiger partial charge is 0.308 e. The summed E-state index contributed by atoms with van der Waals surface area (Å²) in [7, 11) is 3.89. The van der Waals surface area contributed by atoms with Gasteiger partial charge in [0.05, 0.1) is 17.4 Å². The minimum absolute atomic E-state index is 0.0778. The molecule has 2 heterocycles. The van der Waals surface area contributed by atoms with Crippen LogP contribution >= 0.6 is 0 Å². The Morgan fingerprint density at radius 2 is 2.06 bits per heavy atom. The Hall–Kier alpha value is -1.75. The first-order valence-corrected chi connectivity index (χ1v) is 5.71. The fraction of sp³-hybridized carbons (Fsp3) is 0.417. The number of nitrogens with one attached hydrogen (secondary N) is 1. The molecule has 2 aromatic rings. The third-order valence-corrected chi connectivity index (χ3v) is 2.83. The van der Waals surface area contributed by atoms with Gasteiger partial charge in [0.1, 0.15) is 6.33 Å². The summed E-state index contributed by atoms with van der Waals surface area (Å²) < 4.78 is 1.91. The Bertz CT molecular complexity index is 477. The highest BCUT2D eigenvalue weighted by Crippen LogP contribution is 2.20. The minimum Gasteiger partial charge on any atom is -0.308 e. The Morgan fingerprint density at radius 1 is 1.35 bits per heavy atom. The molecular weight excluding hydrogens is 214 g/mol. The van der Waals surface area contributed by atoms with Crippen LogP contribution in [0.15, 0.2) is 24.8 Å². The highest BCUT2D eigenvalue weighted by Gasteiger charge is 2.17. The molecule has 17 heavy (non-hydrogen) atoms. The molecule has 90 valence electrons. The Labute approximate surface area is 101 Å². The summed E-state index contributed by atoms with van der Waals surface area (Å²) in [5, 5.41) is 7.73. The number of rotatable bonds is 4. The molecule has 0 aliphatic heterocycles. The highest BCUT2D eigenvalue weighted by molar-refractivity contribution is 5.25. The Morgan fingerprint density at radius 3 is 2.59 bits per heavy atom. The molecule has 0 bridgehead atoms. The van der Waals surface area contributed by atoms with Crippen molar-refractivity contribution in [1.82, 2.24) is 25.1 Å². The molecule has 0 radical (unpaired) electrons. The summed E-state index contributed by atoms with van der Waals surface area (Å²) in [5.41, 5.74) is 3.26. The van der Waals surface area contributed by atoms with Crippen molar-refractivity contribution in [2.45, 2.75) is 19.4 Å². The maximum atomic E-state index is 4.46. The van der Waals surface area contributed by atoms with E-state index in [-0.39, 0.29) is 6.04 Å². The molecule has 0 aliphatic carbocycles. The second-order valence-corrected chi connectivity index (χ2v) is 3.93. The van der Waals surface area contributed by atoms with Gasteiger partial charge >= 0.3 is 0 Å². The van der Waals surface area contributed by atoms with Crippen LogP contribution in [0.5, 0.6) is 0 Å². The predicted octanol–water partition coefficient (Wildman–Crippen LogP) is 1.08. The van der Waals surface area contributed by atoms with Gasteiger partial charge in [0, 0.05) is 25.0 Å². The van der Waals surface area contributed by atoms with E-state index >= 15 is 0 Å². The molecule has 0 fully saturated rings. The molecule has 1 unspecified atom stereocenters. The average molecular weight is 231 g/mol. The Balaban J connectivity index is 2.38. The summed E-state index contributed by atoms with van der Waals surface area (Å²) in [5.74, 6) is 0. The molecule has 2 rings (SSSR count). The second kappa shape index (κ2) is 5.05. The van der Waals surface area contributed by atoms with Gasteiger partial charge in [0.2, 0.25) is 0 Å². The lowest BCUT2D eigenvalue weighted by Gasteiger charge is -2.15. The zero-order chi connectivity index (χ0) is 12.3. The molecule has 0 spiro atoms. The van der Waals surface area contributed by atoms with Crippen molar-refractivity contribution in [3.8, 4) is 0 Å². The van der Waals surface area contributed by atoms with Gasteiger partial charge in [-0.25, -0.2) is 9.97 Å². The van der Waals surface area contributed by atoms with Gasteiger partial charge in [-0.3, -0.25) is 4.68 Å². The Kier molecular flexibility index (Phi) is 3.49. The van der Waals surface area contributed by atoms with E-state index in [2.05, 4.69) is 33.4 Å². The first-order chi connectivity index (χ1) is 8.26. The van der Waals surface area contributed by atoms with E-state index in [0.717, 1.165) is 23.4 Å². The van der Waals surface area contributed by atoms with Crippen LogP contribution in [0.3, 0.4) is 0 Å². The van der Waals surface area contributed by atoms with E-state index in [1.165, 1.54) is 6.33 Å². The average Bonchev–Trinajstić information content (AvgIpc) is 2.73. The van der Waals surface area contributed by atoms with Crippen molar-refractivity contribution >= 4 is 0 Å². The van der Waals surface area contributed by atoms with E-state index in [4.69, 9.17) is 0 Å². The summed E-state index contributed by atoms with van der Waals surface area (Å²) in [4.78, 5) is 8.11. The smallest absolute Gasteiger partial charge is 0.115 e. The summed E-state index contributed by atoms with van der Waals surface area (Å²) in [6.07, 6.45) is 6.13. The third kappa shape index (κ3) is 2.34. The second-order valence-electron chi connectivity index (χ2n) is 3.93. The third-order valence-electron chi connectivity index (χ3n) is 2.83. The normalized spacial score (nSPS) is 12.6. The van der Waals surface area contributed by atoms with E-state index in [1.807, 2.05) is 31.2 Å². The van der Waals surface area contributed by atoms with Crippen molar-refractivity contribution in [2.75, 3.05) is 7.05 Å². The number of aromatic nitrogens is 4. The first-order valence-electron chi connectivity index (χ1n) is 5.71. The van der Waals surface area contributed by atoms with Gasteiger partial charge < -0.3 is 5.32 Å². The number of hydrogen-bond acceptors (Lipinski definition) is 4. The molecule has 2 aromatic heterocycles. The zero-order valence-corrected chi connectivity index (χ0v) is 10.4. The van der Waals surface area contributed by atoms with Crippen molar-refractivity contribution in [3.63, 3.8) is 0 Å². The van der Waals surface area contributed by atoms with Crippen LogP contribution in [0, 0.1) is 0 Å². The number of hydrogen-bond donors (Lipinski definition) is 1. The van der Waals surface area contributed by atoms with Crippen LogP contribution in [0.25, 0.3) is 0 Å². The lowest BCUT2D eigenvalue weighted by atomic mass is 10.1. The predicted molar refractivity (Wildman–Crippen MR) is 65.5 cm³/mol. The molecule has 1 N–H and O–H groups in total. The van der Waals surface area contributed by atoms with Crippen molar-refractivity contribution in [1.29, 1.82) is 0 Å². The van der Waals surface area contributed by atoms with Crippen LogP contribution in [0.1, 0.15) is 29.9 Å². The minimum atomic E-state index is 0.0778. The van der Waals surface area contributed by atoms with Gasteiger partial charge in [-0.2, -0.15) is 5.10 Å². The van der Waals surface area contributed by atoms with Gasteiger partial charge in [0.25, 0.3) is 0 Å². The lowest BCUT2D eigenvalue weighted by Crippen LogP contribution is -2.20. The van der Waals surface area contributed by atoms with E-state index in [9.17, 15) is 0 Å². The van der Waals surface area contributed by atoms with Crippen LogP contribution in [0.4, 0.5) is 0 Å². The molecule has 5 heteroatoms. The van der Waals surface area contributed by atoms with E-state index < -0.39 is 0 Å². The molecule has 0 aliphatic rings. The number of nitrogens with zero attached hydrogens (tertiary/aromatic N) is 4. The monoisotopic (exact) mass is 231 g/mol.